The molecule has 1 aromatic heterocycles. The third-order valence-corrected chi connectivity index (χ3v) is 4.14. The Kier molecular flexibility index (Phi) is 5.88. The maximum Gasteiger partial charge on any atom is 0.269 e. The average molecular weight is 364 g/mol. The molecule has 1 unspecified atom stereocenters. The van der Waals surface area contributed by atoms with Gasteiger partial charge in [-0.25, -0.2) is 4.68 Å². The van der Waals surface area contributed by atoms with Crippen LogP contribution in [0.1, 0.15) is 41.6 Å². The van der Waals surface area contributed by atoms with E-state index in [-0.39, 0.29) is 11.8 Å². The van der Waals surface area contributed by atoms with Crippen LogP contribution in [0.2, 0.25) is 0 Å². The molecule has 2 N–H and O–H groups in total. The van der Waals surface area contributed by atoms with Crippen LogP contribution in [0.4, 0.5) is 0 Å². The van der Waals surface area contributed by atoms with Crippen LogP contribution in [0.15, 0.2) is 60.9 Å². The van der Waals surface area contributed by atoms with Gasteiger partial charge in [-0.15, -0.1) is 5.10 Å². The Morgan fingerprint density at radius 1 is 1.04 bits per heavy atom. The highest BCUT2D eigenvalue weighted by molar-refractivity contribution is 5.96. The van der Waals surface area contributed by atoms with Crippen LogP contribution < -0.4 is 10.9 Å². The zero-order valence-electron chi connectivity index (χ0n) is 14.9. The third kappa shape index (κ3) is 4.55. The normalized spacial score (nSPS) is 11.6. The molecule has 3 rings (SSSR count). The topological polar surface area (TPSA) is 102 Å². The van der Waals surface area contributed by atoms with Crippen LogP contribution in [-0.4, -0.2) is 32.0 Å². The number of carbonyl (C=O) groups is 2. The molecule has 0 spiro atoms. The molecule has 138 valence electrons. The van der Waals surface area contributed by atoms with Crippen molar-refractivity contribution in [3.63, 3.8) is 0 Å². The molecule has 0 aliphatic heterocycles. The minimum Gasteiger partial charge on any atom is -0.273 e. The highest BCUT2D eigenvalue weighted by Crippen LogP contribution is 2.21. The number of hydrazine groups is 1. The zero-order chi connectivity index (χ0) is 19.1. The summed E-state index contributed by atoms with van der Waals surface area (Å²) in [5, 5.41) is 10.9. The van der Waals surface area contributed by atoms with Gasteiger partial charge in [-0.1, -0.05) is 43.7 Å². The van der Waals surface area contributed by atoms with Crippen molar-refractivity contribution < 1.29 is 9.59 Å². The summed E-state index contributed by atoms with van der Waals surface area (Å²) in [6, 6.07) is 16.3. The summed E-state index contributed by atoms with van der Waals surface area (Å²) in [4.78, 5) is 24.8. The molecule has 0 aliphatic rings. The predicted molar refractivity (Wildman–Crippen MR) is 98.9 cm³/mol. The summed E-state index contributed by atoms with van der Waals surface area (Å²) in [5.74, 6) is -0.935. The molecule has 0 fully saturated rings. The molecule has 2 aromatic carbocycles. The number of hydrogen-bond acceptors (Lipinski definition) is 5. The van der Waals surface area contributed by atoms with E-state index in [0.717, 1.165) is 17.7 Å². The second-order valence-electron chi connectivity index (χ2n) is 6.00. The van der Waals surface area contributed by atoms with Crippen LogP contribution in [-0.2, 0) is 4.79 Å². The number of aromatic nitrogens is 4. The summed E-state index contributed by atoms with van der Waals surface area (Å²) in [7, 11) is 0. The first-order chi connectivity index (χ1) is 13.2. The van der Waals surface area contributed by atoms with Gasteiger partial charge in [0, 0.05) is 5.56 Å². The van der Waals surface area contributed by atoms with E-state index in [0.29, 0.717) is 12.0 Å². The number of nitrogens with one attached hydrogen (secondary N) is 2. The van der Waals surface area contributed by atoms with Gasteiger partial charge in [0.1, 0.15) is 6.33 Å². The van der Waals surface area contributed by atoms with Gasteiger partial charge in [0.05, 0.1) is 11.6 Å². The van der Waals surface area contributed by atoms with Crippen molar-refractivity contribution in [3.05, 3.63) is 72.1 Å². The first-order valence-corrected chi connectivity index (χ1v) is 8.67. The molecule has 8 nitrogen and oxygen atoms in total. The number of nitrogens with zero attached hydrogens (tertiary/aromatic N) is 4. The van der Waals surface area contributed by atoms with Gasteiger partial charge >= 0.3 is 0 Å². The van der Waals surface area contributed by atoms with E-state index in [1.165, 1.54) is 11.0 Å². The van der Waals surface area contributed by atoms with Crippen LogP contribution in [0.25, 0.3) is 5.69 Å². The molecule has 27 heavy (non-hydrogen) atoms. The molecule has 0 saturated carbocycles. The molecule has 0 bridgehead atoms. The van der Waals surface area contributed by atoms with Crippen molar-refractivity contribution >= 4 is 11.8 Å². The van der Waals surface area contributed by atoms with Crippen molar-refractivity contribution in [2.45, 2.75) is 25.7 Å². The highest BCUT2D eigenvalue weighted by atomic mass is 16.2. The SMILES string of the molecule is CCCC(C(=O)NNC(=O)c1ccc(-n2cnnn2)cc1)c1ccccc1. The van der Waals surface area contributed by atoms with E-state index in [1.807, 2.05) is 37.3 Å². The third-order valence-electron chi connectivity index (χ3n) is 4.14. The highest BCUT2D eigenvalue weighted by Gasteiger charge is 2.20. The smallest absolute Gasteiger partial charge is 0.269 e. The Labute approximate surface area is 156 Å². The molecule has 0 aliphatic carbocycles. The van der Waals surface area contributed by atoms with E-state index in [2.05, 4.69) is 26.4 Å². The molecule has 1 heterocycles. The molecule has 0 saturated heterocycles. The molecular formula is C19H20N6O2. The lowest BCUT2D eigenvalue weighted by molar-refractivity contribution is -0.123. The second-order valence-corrected chi connectivity index (χ2v) is 6.00. The summed E-state index contributed by atoms with van der Waals surface area (Å²) in [6.45, 7) is 2.02. The van der Waals surface area contributed by atoms with Gasteiger partial charge in [0.25, 0.3) is 5.91 Å². The minimum atomic E-state index is -0.394. The Balaban J connectivity index is 1.61. The van der Waals surface area contributed by atoms with Crippen molar-refractivity contribution in [1.82, 2.24) is 31.1 Å². The fourth-order valence-electron chi connectivity index (χ4n) is 2.75. The van der Waals surface area contributed by atoms with E-state index >= 15 is 0 Å². The molecule has 1 atom stereocenters. The number of amides is 2. The minimum absolute atomic E-state index is 0.235. The van der Waals surface area contributed by atoms with Gasteiger partial charge in [-0.05, 0) is 46.7 Å². The molecular weight excluding hydrogens is 344 g/mol. The van der Waals surface area contributed by atoms with Gasteiger partial charge in [-0.3, -0.25) is 20.4 Å². The Morgan fingerprint density at radius 3 is 2.41 bits per heavy atom. The average Bonchev–Trinajstić information content (AvgIpc) is 3.25. The summed E-state index contributed by atoms with van der Waals surface area (Å²) in [5.41, 5.74) is 7.08. The largest absolute Gasteiger partial charge is 0.273 e. The van der Waals surface area contributed by atoms with Gasteiger partial charge in [0.2, 0.25) is 5.91 Å². The van der Waals surface area contributed by atoms with Crippen LogP contribution >= 0.6 is 0 Å². The summed E-state index contributed by atoms with van der Waals surface area (Å²) < 4.78 is 1.48. The van der Waals surface area contributed by atoms with E-state index < -0.39 is 5.91 Å². The van der Waals surface area contributed by atoms with Gasteiger partial charge < -0.3 is 0 Å². The monoisotopic (exact) mass is 364 g/mol. The van der Waals surface area contributed by atoms with Crippen LogP contribution in [0.5, 0.6) is 0 Å². The van der Waals surface area contributed by atoms with Gasteiger partial charge in [-0.2, -0.15) is 0 Å². The number of hydrogen-bond donors (Lipinski definition) is 2. The second kappa shape index (κ2) is 8.70. The maximum absolute atomic E-state index is 12.5. The first-order valence-electron chi connectivity index (χ1n) is 8.67. The summed E-state index contributed by atoms with van der Waals surface area (Å²) >= 11 is 0. The zero-order valence-corrected chi connectivity index (χ0v) is 14.9. The van der Waals surface area contributed by atoms with Crippen LogP contribution in [0.3, 0.4) is 0 Å². The first kappa shape index (κ1) is 18.2. The van der Waals surface area contributed by atoms with E-state index in [1.54, 1.807) is 24.3 Å². The standard InChI is InChI=1S/C19H20N6O2/c1-2-6-17(14-7-4-3-5-8-14)19(27)22-21-18(26)15-9-11-16(12-10-15)25-13-20-23-24-25/h3-5,7-13,17H,2,6H2,1H3,(H,21,26)(H,22,27). The van der Waals surface area contributed by atoms with Crippen molar-refractivity contribution in [2.75, 3.05) is 0 Å². The Morgan fingerprint density at radius 2 is 1.78 bits per heavy atom. The van der Waals surface area contributed by atoms with Crippen molar-refractivity contribution in [3.8, 4) is 5.69 Å². The van der Waals surface area contributed by atoms with Crippen LogP contribution in [0, 0.1) is 0 Å². The fourth-order valence-corrected chi connectivity index (χ4v) is 2.75. The van der Waals surface area contributed by atoms with Crippen molar-refractivity contribution in [1.29, 1.82) is 0 Å². The molecule has 0 radical (unpaired) electrons. The number of tetrazole rings is 1. The quantitative estimate of drug-likeness (QED) is 0.652. The molecule has 8 heteroatoms. The summed E-state index contributed by atoms with van der Waals surface area (Å²) in [6.07, 6.45) is 3.03. The number of rotatable bonds is 6. The Bertz CT molecular complexity index is 878. The molecule has 2 amide bonds. The van der Waals surface area contributed by atoms with E-state index in [4.69, 9.17) is 0 Å². The molecule has 3 aromatic rings. The fraction of sp³-hybridized carbons (Fsp3) is 0.211. The van der Waals surface area contributed by atoms with Crippen molar-refractivity contribution in [2.24, 2.45) is 0 Å². The predicted octanol–water partition coefficient (Wildman–Crippen LogP) is 2.01. The van der Waals surface area contributed by atoms with E-state index in [9.17, 15) is 9.59 Å². The number of carbonyl (C=O) groups excluding carboxylic acids is 2. The lowest BCUT2D eigenvalue weighted by atomic mass is 9.94. The maximum atomic E-state index is 12.5. The number of benzene rings is 2. The Hall–Kier alpha value is -3.55. The van der Waals surface area contributed by atoms with Gasteiger partial charge in [0.15, 0.2) is 0 Å². The lowest BCUT2D eigenvalue weighted by Gasteiger charge is -2.17. The lowest BCUT2D eigenvalue weighted by Crippen LogP contribution is -2.44.